The van der Waals surface area contributed by atoms with Crippen molar-refractivity contribution in [3.05, 3.63) is 0 Å². The maximum absolute atomic E-state index is 10.3. The topological polar surface area (TPSA) is 40.5 Å². The third-order valence-corrected chi connectivity index (χ3v) is 5.08. The molecule has 88 valence electrons. The summed E-state index contributed by atoms with van der Waals surface area (Å²) in [4.78, 5) is 0. The van der Waals surface area contributed by atoms with Crippen molar-refractivity contribution >= 4 is 11.8 Å². The van der Waals surface area contributed by atoms with Crippen LogP contribution in [0.15, 0.2) is 0 Å². The molecule has 1 saturated carbocycles. The first-order valence-electron chi connectivity index (χ1n) is 6.23. The molecule has 1 saturated heterocycles. The molecule has 2 rings (SSSR count). The predicted molar refractivity (Wildman–Crippen MR) is 64.0 cm³/mol. The molecule has 2 aliphatic rings. The average Bonchev–Trinajstić information content (AvgIpc) is 2.30. The minimum atomic E-state index is -0.261. The molecule has 0 bridgehead atoms. The van der Waals surface area contributed by atoms with Gasteiger partial charge in [-0.15, -0.1) is 0 Å². The fourth-order valence-electron chi connectivity index (χ4n) is 2.90. The Morgan fingerprint density at radius 3 is 2.47 bits per heavy atom. The predicted octanol–water partition coefficient (Wildman–Crippen LogP) is 2.04. The molecule has 0 radical (unpaired) electrons. The van der Waals surface area contributed by atoms with Crippen LogP contribution in [0, 0.1) is 11.8 Å². The highest BCUT2D eigenvalue weighted by molar-refractivity contribution is 7.99. The number of aliphatic hydroxyl groups excluding tert-OH is 2. The Labute approximate surface area is 96.5 Å². The molecule has 1 aliphatic carbocycles. The van der Waals surface area contributed by atoms with E-state index in [1.165, 1.54) is 19.3 Å². The summed E-state index contributed by atoms with van der Waals surface area (Å²) in [5.74, 6) is 2.58. The van der Waals surface area contributed by atoms with Gasteiger partial charge in [-0.05, 0) is 30.9 Å². The first kappa shape index (κ1) is 11.7. The molecular formula is C12H22O2S. The van der Waals surface area contributed by atoms with E-state index in [0.717, 1.165) is 30.8 Å². The second kappa shape index (κ2) is 5.55. The van der Waals surface area contributed by atoms with Gasteiger partial charge in [0.05, 0.1) is 12.2 Å². The lowest BCUT2D eigenvalue weighted by molar-refractivity contribution is -0.0200. The first-order chi connectivity index (χ1) is 7.29. The van der Waals surface area contributed by atoms with E-state index in [1.807, 2.05) is 11.8 Å². The number of rotatable bonds is 2. The zero-order chi connectivity index (χ0) is 10.7. The summed E-state index contributed by atoms with van der Waals surface area (Å²) in [7, 11) is 0. The molecule has 0 aromatic carbocycles. The van der Waals surface area contributed by atoms with Gasteiger partial charge >= 0.3 is 0 Å². The molecule has 2 nitrogen and oxygen atoms in total. The van der Waals surface area contributed by atoms with E-state index >= 15 is 0 Å². The van der Waals surface area contributed by atoms with Crippen molar-refractivity contribution in [1.82, 2.24) is 0 Å². The standard InChI is InChI=1S/C12H22O2S/c13-11-6-7-15-8-10(11)12(14)9-4-2-1-3-5-9/h9-14H,1-8H2/t10-,11-,12+/m1/s1. The van der Waals surface area contributed by atoms with Gasteiger partial charge in [-0.1, -0.05) is 19.3 Å². The second-order valence-corrected chi connectivity index (χ2v) is 6.13. The van der Waals surface area contributed by atoms with Crippen molar-refractivity contribution in [1.29, 1.82) is 0 Å². The average molecular weight is 230 g/mol. The molecule has 0 unspecified atom stereocenters. The maximum atomic E-state index is 10.3. The molecule has 3 atom stereocenters. The van der Waals surface area contributed by atoms with Crippen LogP contribution < -0.4 is 0 Å². The molecule has 0 aromatic heterocycles. The van der Waals surface area contributed by atoms with Crippen molar-refractivity contribution in [3.8, 4) is 0 Å². The minimum absolute atomic E-state index is 0.131. The van der Waals surface area contributed by atoms with Gasteiger partial charge < -0.3 is 10.2 Å². The quantitative estimate of drug-likeness (QED) is 0.762. The Morgan fingerprint density at radius 1 is 1.07 bits per heavy atom. The molecule has 0 spiro atoms. The van der Waals surface area contributed by atoms with Crippen LogP contribution in [-0.4, -0.2) is 33.9 Å². The first-order valence-corrected chi connectivity index (χ1v) is 7.38. The summed E-state index contributed by atoms with van der Waals surface area (Å²) < 4.78 is 0. The minimum Gasteiger partial charge on any atom is -0.393 e. The number of thioether (sulfide) groups is 1. The number of hydrogen-bond donors (Lipinski definition) is 2. The zero-order valence-electron chi connectivity index (χ0n) is 9.27. The van der Waals surface area contributed by atoms with Gasteiger partial charge in [0, 0.05) is 11.7 Å². The Morgan fingerprint density at radius 2 is 1.80 bits per heavy atom. The Kier molecular flexibility index (Phi) is 4.35. The molecule has 3 heteroatoms. The van der Waals surface area contributed by atoms with E-state index in [2.05, 4.69) is 0 Å². The summed E-state index contributed by atoms with van der Waals surface area (Å²) in [6.07, 6.45) is 6.51. The molecule has 0 amide bonds. The molecule has 1 heterocycles. The van der Waals surface area contributed by atoms with Crippen LogP contribution in [0.2, 0.25) is 0 Å². The van der Waals surface area contributed by atoms with Crippen LogP contribution in [0.25, 0.3) is 0 Å². The normalized spacial score (nSPS) is 36.4. The largest absolute Gasteiger partial charge is 0.393 e. The third kappa shape index (κ3) is 2.89. The van der Waals surface area contributed by atoms with Crippen LogP contribution in [0.1, 0.15) is 38.5 Å². The highest BCUT2D eigenvalue weighted by Gasteiger charge is 2.34. The van der Waals surface area contributed by atoms with Crippen LogP contribution in [0.3, 0.4) is 0 Å². The van der Waals surface area contributed by atoms with Gasteiger partial charge in [-0.2, -0.15) is 11.8 Å². The monoisotopic (exact) mass is 230 g/mol. The summed E-state index contributed by atoms with van der Waals surface area (Å²) in [6.45, 7) is 0. The second-order valence-electron chi connectivity index (χ2n) is 4.98. The van der Waals surface area contributed by atoms with E-state index in [-0.39, 0.29) is 18.1 Å². The fraction of sp³-hybridized carbons (Fsp3) is 1.00. The molecule has 0 aromatic rings. The maximum Gasteiger partial charge on any atom is 0.0629 e. The van der Waals surface area contributed by atoms with E-state index in [9.17, 15) is 10.2 Å². The van der Waals surface area contributed by atoms with E-state index in [1.54, 1.807) is 0 Å². The third-order valence-electron chi connectivity index (χ3n) is 3.93. The van der Waals surface area contributed by atoms with Crippen LogP contribution in [0.4, 0.5) is 0 Å². The summed E-state index contributed by atoms with van der Waals surface area (Å²) >= 11 is 1.88. The van der Waals surface area contributed by atoms with Crippen LogP contribution in [-0.2, 0) is 0 Å². The lowest BCUT2D eigenvalue weighted by Crippen LogP contribution is -2.41. The van der Waals surface area contributed by atoms with Gasteiger partial charge in [0.15, 0.2) is 0 Å². The lowest BCUT2D eigenvalue weighted by atomic mass is 9.79. The van der Waals surface area contributed by atoms with Crippen LogP contribution >= 0.6 is 11.8 Å². The van der Waals surface area contributed by atoms with Gasteiger partial charge in [0.25, 0.3) is 0 Å². The van der Waals surface area contributed by atoms with E-state index in [4.69, 9.17) is 0 Å². The summed E-state index contributed by atoms with van der Waals surface area (Å²) in [5, 5.41) is 20.2. The van der Waals surface area contributed by atoms with Crippen molar-refractivity contribution < 1.29 is 10.2 Å². The smallest absolute Gasteiger partial charge is 0.0629 e. The van der Waals surface area contributed by atoms with Crippen molar-refractivity contribution in [2.24, 2.45) is 11.8 Å². The van der Waals surface area contributed by atoms with Crippen LogP contribution in [0.5, 0.6) is 0 Å². The number of aliphatic hydroxyl groups is 2. The van der Waals surface area contributed by atoms with E-state index in [0.29, 0.717) is 5.92 Å². The molecule has 2 N–H and O–H groups in total. The SMILES string of the molecule is O[C@@H]1CCSC[C@H]1[C@@H](O)C1CCCCC1. The highest BCUT2D eigenvalue weighted by atomic mass is 32.2. The fourth-order valence-corrected chi connectivity index (χ4v) is 4.17. The van der Waals surface area contributed by atoms with Gasteiger partial charge in [-0.25, -0.2) is 0 Å². The molecule has 15 heavy (non-hydrogen) atoms. The molecule has 2 fully saturated rings. The van der Waals surface area contributed by atoms with Crippen molar-refractivity contribution in [2.75, 3.05) is 11.5 Å². The Balaban J connectivity index is 1.89. The zero-order valence-corrected chi connectivity index (χ0v) is 10.1. The Bertz CT molecular complexity index is 192. The lowest BCUT2D eigenvalue weighted by Gasteiger charge is -2.36. The summed E-state index contributed by atoms with van der Waals surface area (Å²) in [6, 6.07) is 0. The van der Waals surface area contributed by atoms with Gasteiger partial charge in [-0.3, -0.25) is 0 Å². The summed E-state index contributed by atoms with van der Waals surface area (Å²) in [5.41, 5.74) is 0. The highest BCUT2D eigenvalue weighted by Crippen LogP contribution is 2.34. The van der Waals surface area contributed by atoms with Crippen molar-refractivity contribution in [2.45, 2.75) is 50.7 Å². The van der Waals surface area contributed by atoms with E-state index < -0.39 is 0 Å². The molecular weight excluding hydrogens is 208 g/mol. The van der Waals surface area contributed by atoms with Gasteiger partial charge in [0.1, 0.15) is 0 Å². The Hall–Kier alpha value is 0.270. The number of hydrogen-bond acceptors (Lipinski definition) is 3. The molecule has 1 aliphatic heterocycles. The van der Waals surface area contributed by atoms with Crippen molar-refractivity contribution in [3.63, 3.8) is 0 Å². The van der Waals surface area contributed by atoms with Gasteiger partial charge in [0.2, 0.25) is 0 Å².